The van der Waals surface area contributed by atoms with Crippen molar-refractivity contribution in [1.29, 1.82) is 0 Å². The van der Waals surface area contributed by atoms with E-state index in [1.807, 2.05) is 37.3 Å². The van der Waals surface area contributed by atoms with E-state index in [2.05, 4.69) is 15.3 Å². The summed E-state index contributed by atoms with van der Waals surface area (Å²) < 4.78 is 14.0. The lowest BCUT2D eigenvalue weighted by molar-refractivity contribution is 0.543. The molecule has 3 nitrogen and oxygen atoms in total. The second-order valence-electron chi connectivity index (χ2n) is 4.82. The molecule has 21 heavy (non-hydrogen) atoms. The molecule has 3 aromatic rings. The fourth-order valence-electron chi connectivity index (χ4n) is 2.45. The first-order chi connectivity index (χ1) is 10.3. The normalized spacial score (nSPS) is 12.5. The summed E-state index contributed by atoms with van der Waals surface area (Å²) >= 11 is 0. The highest BCUT2D eigenvalue weighted by atomic mass is 19.1. The molecule has 2 heterocycles. The number of hydrogen-bond acceptors (Lipinski definition) is 3. The number of benzene rings is 1. The Labute approximate surface area is 122 Å². The fourth-order valence-corrected chi connectivity index (χ4v) is 2.45. The van der Waals surface area contributed by atoms with E-state index in [4.69, 9.17) is 0 Å². The zero-order chi connectivity index (χ0) is 14.7. The molecule has 1 atom stereocenters. The Kier molecular flexibility index (Phi) is 3.88. The maximum Gasteiger partial charge on any atom is 0.146 e. The van der Waals surface area contributed by atoms with E-state index < -0.39 is 0 Å². The molecule has 0 radical (unpaired) electrons. The average Bonchev–Trinajstić information content (AvgIpc) is 2.53. The average molecular weight is 281 g/mol. The van der Waals surface area contributed by atoms with Crippen LogP contribution < -0.4 is 5.32 Å². The lowest BCUT2D eigenvalue weighted by atomic mass is 10.0. The molecule has 0 fully saturated rings. The van der Waals surface area contributed by atoms with Crippen LogP contribution in [0.2, 0.25) is 0 Å². The van der Waals surface area contributed by atoms with Crippen LogP contribution in [0.15, 0.2) is 54.9 Å². The monoisotopic (exact) mass is 281 g/mol. The molecule has 0 saturated heterocycles. The second-order valence-corrected chi connectivity index (χ2v) is 4.82. The summed E-state index contributed by atoms with van der Waals surface area (Å²) in [5.41, 5.74) is 2.27. The number of halogens is 1. The van der Waals surface area contributed by atoms with Crippen LogP contribution in [0.5, 0.6) is 0 Å². The van der Waals surface area contributed by atoms with Gasteiger partial charge in [0.1, 0.15) is 5.82 Å². The van der Waals surface area contributed by atoms with Crippen LogP contribution in [-0.4, -0.2) is 16.5 Å². The molecule has 106 valence electrons. The molecule has 1 N–H and O–H groups in total. The van der Waals surface area contributed by atoms with E-state index in [1.165, 1.54) is 6.07 Å². The summed E-state index contributed by atoms with van der Waals surface area (Å²) in [6.07, 6.45) is 3.37. The molecule has 1 unspecified atom stereocenters. The minimum Gasteiger partial charge on any atom is -0.305 e. The van der Waals surface area contributed by atoms with Gasteiger partial charge in [0.15, 0.2) is 0 Å². The van der Waals surface area contributed by atoms with E-state index in [-0.39, 0.29) is 11.9 Å². The number of nitrogens with zero attached hydrogens (tertiary/aromatic N) is 2. The second kappa shape index (κ2) is 5.97. The molecule has 0 aliphatic rings. The van der Waals surface area contributed by atoms with Crippen molar-refractivity contribution in [2.24, 2.45) is 0 Å². The maximum atomic E-state index is 14.0. The summed E-state index contributed by atoms with van der Waals surface area (Å²) in [4.78, 5) is 8.55. The Bertz CT molecular complexity index is 758. The van der Waals surface area contributed by atoms with Crippen LogP contribution in [0.25, 0.3) is 10.9 Å². The zero-order valence-electron chi connectivity index (χ0n) is 11.8. The minimum absolute atomic E-state index is 0.275. The van der Waals surface area contributed by atoms with Crippen LogP contribution in [0.3, 0.4) is 0 Å². The molecule has 0 aliphatic carbocycles. The molecule has 1 aromatic carbocycles. The predicted octanol–water partition coefficient (Wildman–Crippen LogP) is 3.47. The molecule has 3 rings (SSSR count). The van der Waals surface area contributed by atoms with Crippen molar-refractivity contribution in [1.82, 2.24) is 15.3 Å². The van der Waals surface area contributed by atoms with Gasteiger partial charge in [0.25, 0.3) is 0 Å². The van der Waals surface area contributed by atoms with Gasteiger partial charge in [-0.2, -0.15) is 0 Å². The predicted molar refractivity (Wildman–Crippen MR) is 81.5 cm³/mol. The summed E-state index contributed by atoms with van der Waals surface area (Å²) in [5.74, 6) is -0.301. The largest absolute Gasteiger partial charge is 0.305 e. The van der Waals surface area contributed by atoms with Gasteiger partial charge in [-0.1, -0.05) is 25.1 Å². The van der Waals surface area contributed by atoms with Gasteiger partial charge in [0.2, 0.25) is 0 Å². The Morgan fingerprint density at radius 3 is 2.71 bits per heavy atom. The number of aromatic nitrogens is 2. The van der Waals surface area contributed by atoms with Crippen molar-refractivity contribution in [2.75, 3.05) is 6.54 Å². The number of pyridine rings is 2. The fraction of sp³-hybridized carbons (Fsp3) is 0.176. The molecule has 0 spiro atoms. The van der Waals surface area contributed by atoms with Crippen LogP contribution in [0, 0.1) is 5.82 Å². The highest BCUT2D eigenvalue weighted by Crippen LogP contribution is 2.25. The van der Waals surface area contributed by atoms with E-state index in [0.29, 0.717) is 5.69 Å². The van der Waals surface area contributed by atoms with Gasteiger partial charge in [-0.05, 0) is 36.4 Å². The smallest absolute Gasteiger partial charge is 0.146 e. The Hall–Kier alpha value is -2.33. The number of fused-ring (bicyclic) bond motifs is 1. The minimum atomic E-state index is -0.301. The highest BCUT2D eigenvalue weighted by molar-refractivity contribution is 5.79. The van der Waals surface area contributed by atoms with Crippen LogP contribution in [-0.2, 0) is 0 Å². The van der Waals surface area contributed by atoms with Gasteiger partial charge in [-0.15, -0.1) is 0 Å². The van der Waals surface area contributed by atoms with Crippen molar-refractivity contribution >= 4 is 10.9 Å². The van der Waals surface area contributed by atoms with Crippen LogP contribution in [0.4, 0.5) is 4.39 Å². The summed E-state index contributed by atoms with van der Waals surface area (Å²) in [6, 6.07) is 12.7. The standard InChI is InChI=1S/C17H16FN3/c1-2-19-16(17-14(18)6-4-10-21-17)13-8-7-12-5-3-9-20-15(12)11-13/h3-11,16,19H,2H2,1H3. The lowest BCUT2D eigenvalue weighted by Gasteiger charge is -2.18. The van der Waals surface area contributed by atoms with Gasteiger partial charge < -0.3 is 5.32 Å². The van der Waals surface area contributed by atoms with Crippen molar-refractivity contribution in [3.05, 3.63) is 71.9 Å². The van der Waals surface area contributed by atoms with E-state index in [0.717, 1.165) is 23.0 Å². The molecule has 0 amide bonds. The van der Waals surface area contributed by atoms with Crippen LogP contribution in [0.1, 0.15) is 24.2 Å². The first kappa shape index (κ1) is 13.6. The topological polar surface area (TPSA) is 37.8 Å². The molecule has 0 aliphatic heterocycles. The Morgan fingerprint density at radius 1 is 1.10 bits per heavy atom. The SMILES string of the molecule is CCNC(c1ccc2cccnc2c1)c1ncccc1F. The molecular weight excluding hydrogens is 265 g/mol. The van der Waals surface area contributed by atoms with E-state index >= 15 is 0 Å². The Morgan fingerprint density at radius 2 is 1.90 bits per heavy atom. The maximum absolute atomic E-state index is 14.0. The first-order valence-electron chi connectivity index (χ1n) is 6.98. The van der Waals surface area contributed by atoms with Crippen molar-refractivity contribution in [3.63, 3.8) is 0 Å². The number of rotatable bonds is 4. The lowest BCUT2D eigenvalue weighted by Crippen LogP contribution is -2.24. The van der Waals surface area contributed by atoms with Gasteiger partial charge >= 0.3 is 0 Å². The molecule has 2 aromatic heterocycles. The molecule has 0 saturated carbocycles. The van der Waals surface area contributed by atoms with E-state index in [1.54, 1.807) is 18.5 Å². The van der Waals surface area contributed by atoms with Crippen LogP contribution >= 0.6 is 0 Å². The third-order valence-corrected chi connectivity index (χ3v) is 3.43. The molecule has 4 heteroatoms. The third kappa shape index (κ3) is 2.76. The van der Waals surface area contributed by atoms with Gasteiger partial charge in [0, 0.05) is 17.8 Å². The number of hydrogen-bond donors (Lipinski definition) is 1. The first-order valence-corrected chi connectivity index (χ1v) is 6.98. The summed E-state index contributed by atoms with van der Waals surface area (Å²) in [6.45, 7) is 2.72. The molecule has 0 bridgehead atoms. The summed E-state index contributed by atoms with van der Waals surface area (Å²) in [5, 5.41) is 4.36. The zero-order valence-corrected chi connectivity index (χ0v) is 11.8. The quantitative estimate of drug-likeness (QED) is 0.795. The van der Waals surface area contributed by atoms with Gasteiger partial charge in [-0.25, -0.2) is 4.39 Å². The molecular formula is C17H16FN3. The van der Waals surface area contributed by atoms with Crippen molar-refractivity contribution in [3.8, 4) is 0 Å². The highest BCUT2D eigenvalue weighted by Gasteiger charge is 2.18. The Balaban J connectivity index is 2.09. The van der Waals surface area contributed by atoms with Gasteiger partial charge in [-0.3, -0.25) is 9.97 Å². The van der Waals surface area contributed by atoms with Gasteiger partial charge in [0.05, 0.1) is 17.3 Å². The van der Waals surface area contributed by atoms with Crippen molar-refractivity contribution in [2.45, 2.75) is 13.0 Å². The van der Waals surface area contributed by atoms with E-state index in [9.17, 15) is 4.39 Å². The summed E-state index contributed by atoms with van der Waals surface area (Å²) in [7, 11) is 0. The van der Waals surface area contributed by atoms with Crippen molar-refractivity contribution < 1.29 is 4.39 Å². The third-order valence-electron chi connectivity index (χ3n) is 3.43. The number of nitrogens with one attached hydrogen (secondary N) is 1.